The molecule has 6 heteroatoms. The number of hydrogen-bond acceptors (Lipinski definition) is 1. The summed E-state index contributed by atoms with van der Waals surface area (Å²) in [5.41, 5.74) is 22.5. The normalized spacial score (nSPS) is 12.6. The van der Waals surface area contributed by atoms with Crippen molar-refractivity contribution in [2.75, 3.05) is 4.90 Å². The Morgan fingerprint density at radius 2 is 0.803 bits per heavy atom. The van der Waals surface area contributed by atoms with Crippen LogP contribution in [0.1, 0.15) is 76.0 Å². The van der Waals surface area contributed by atoms with Gasteiger partial charge in [-0.05, 0) is 118 Å². The van der Waals surface area contributed by atoms with E-state index in [1.54, 1.807) is 0 Å². The fourth-order valence-corrected chi connectivity index (χ4v) is 13.1. The van der Waals surface area contributed by atoms with E-state index in [-0.39, 0.29) is 6.71 Å². The molecule has 0 atom stereocenters. The standard InChI is InChI=1S/C70H56BN5/c1-43(2)46-40-55(44(3)4)67(56(41-46)45(5)6)71-57-29-17-21-33-62(57)73(48-22-10-8-11-23-48)63-42-51(38-39-58(63)71)76-61-32-20-16-28-54(61)66-69-64(53-27-15-19-31-60(53)75(69)50-36-34-47(72-7)35-37-50)68-65(70(66)76)52-26-14-18-30-59(52)74(68)49-24-12-9-13-25-49/h8-45H,1-6H3. The Morgan fingerprint density at radius 1 is 0.382 bits per heavy atom. The molecular formula is C70H56BN5. The zero-order chi connectivity index (χ0) is 51.5. The third-order valence-corrected chi connectivity index (χ3v) is 16.4. The van der Waals surface area contributed by atoms with Crippen LogP contribution in [0.3, 0.4) is 0 Å². The topological polar surface area (TPSA) is 22.4 Å². The predicted octanol–water partition coefficient (Wildman–Crippen LogP) is 17.2. The molecule has 0 spiro atoms. The lowest BCUT2D eigenvalue weighted by atomic mass is 9.33. The van der Waals surface area contributed by atoms with Crippen LogP contribution in [0.15, 0.2) is 212 Å². The number of fused-ring (bicyclic) bond motifs is 14. The van der Waals surface area contributed by atoms with E-state index in [0.717, 1.165) is 55.8 Å². The Bertz CT molecular complexity index is 4480. The lowest BCUT2D eigenvalue weighted by Crippen LogP contribution is -2.59. The van der Waals surface area contributed by atoms with E-state index in [0.29, 0.717) is 23.4 Å². The van der Waals surface area contributed by atoms with Crippen LogP contribution in [0.5, 0.6) is 0 Å². The number of anilines is 3. The summed E-state index contributed by atoms with van der Waals surface area (Å²) in [7, 11) is 0. The Morgan fingerprint density at radius 3 is 1.30 bits per heavy atom. The molecule has 0 amide bonds. The SMILES string of the molecule is [C-]#[N+]c1ccc(-n2c3ccccc3c3c2c2c4ccccc4n(-c4ccc5c(c4)N(c4ccccc4)c4ccccc4B5c4c(C(C)C)cc(C(C)C)cc4C(C)C)c2c2c4ccccc4n(-c4ccccc4)c32)cc1. The summed E-state index contributed by atoms with van der Waals surface area (Å²) in [6, 6.07) is 78.4. The molecule has 0 aliphatic carbocycles. The second kappa shape index (κ2) is 17.5. The highest BCUT2D eigenvalue weighted by molar-refractivity contribution is 6.98. The minimum absolute atomic E-state index is 0.00509. The molecule has 10 aromatic carbocycles. The van der Waals surface area contributed by atoms with Crippen molar-refractivity contribution < 1.29 is 0 Å². The third-order valence-electron chi connectivity index (χ3n) is 16.4. The van der Waals surface area contributed by atoms with Crippen molar-refractivity contribution in [1.82, 2.24) is 13.7 Å². The molecule has 4 heterocycles. The molecule has 0 fully saturated rings. The molecule has 13 aromatic rings. The lowest BCUT2D eigenvalue weighted by molar-refractivity contribution is 0.812. The van der Waals surface area contributed by atoms with Crippen LogP contribution in [0.4, 0.5) is 22.7 Å². The van der Waals surface area contributed by atoms with Crippen LogP contribution < -0.4 is 21.3 Å². The summed E-state index contributed by atoms with van der Waals surface area (Å²) >= 11 is 0. The van der Waals surface area contributed by atoms with Crippen molar-refractivity contribution in [3.8, 4) is 17.1 Å². The summed E-state index contributed by atoms with van der Waals surface area (Å²) in [5.74, 6) is 1.06. The Hall–Kier alpha value is -9.05. The molecule has 1 aliphatic rings. The van der Waals surface area contributed by atoms with Crippen LogP contribution in [-0.4, -0.2) is 20.4 Å². The second-order valence-electron chi connectivity index (χ2n) is 21.7. The number of para-hydroxylation sites is 6. The highest BCUT2D eigenvalue weighted by Crippen LogP contribution is 2.51. The van der Waals surface area contributed by atoms with Gasteiger partial charge in [0.15, 0.2) is 5.69 Å². The molecule has 1 aliphatic heterocycles. The van der Waals surface area contributed by atoms with Crippen molar-refractivity contribution in [3.63, 3.8) is 0 Å². The molecular weight excluding hydrogens is 922 g/mol. The van der Waals surface area contributed by atoms with Gasteiger partial charge >= 0.3 is 0 Å². The van der Waals surface area contributed by atoms with Crippen molar-refractivity contribution in [2.45, 2.75) is 59.3 Å². The minimum Gasteiger partial charge on any atom is -0.311 e. The summed E-state index contributed by atoms with van der Waals surface area (Å²) < 4.78 is 7.54. The van der Waals surface area contributed by atoms with Gasteiger partial charge in [-0.3, -0.25) is 0 Å². The zero-order valence-electron chi connectivity index (χ0n) is 43.8. The van der Waals surface area contributed by atoms with Crippen molar-refractivity contribution in [2.24, 2.45) is 0 Å². The van der Waals surface area contributed by atoms with Crippen LogP contribution in [0.25, 0.3) is 87.3 Å². The average Bonchev–Trinajstić information content (AvgIpc) is 4.30. The maximum absolute atomic E-state index is 7.88. The van der Waals surface area contributed by atoms with Gasteiger partial charge in [0.25, 0.3) is 0 Å². The molecule has 0 saturated heterocycles. The van der Waals surface area contributed by atoms with E-state index in [2.05, 4.69) is 265 Å². The van der Waals surface area contributed by atoms with Crippen molar-refractivity contribution in [1.29, 1.82) is 0 Å². The number of benzene rings is 10. The molecule has 0 unspecified atom stereocenters. The molecule has 76 heavy (non-hydrogen) atoms. The molecule has 0 bridgehead atoms. The van der Waals surface area contributed by atoms with Gasteiger partial charge in [-0.1, -0.05) is 187 Å². The number of hydrogen-bond donors (Lipinski definition) is 0. The van der Waals surface area contributed by atoms with Crippen LogP contribution >= 0.6 is 0 Å². The Labute approximate surface area is 444 Å². The second-order valence-corrected chi connectivity index (χ2v) is 21.7. The van der Waals surface area contributed by atoms with E-state index in [1.807, 2.05) is 12.1 Å². The van der Waals surface area contributed by atoms with Crippen LogP contribution in [-0.2, 0) is 0 Å². The minimum atomic E-state index is -0.00509. The highest BCUT2D eigenvalue weighted by atomic mass is 15.2. The van der Waals surface area contributed by atoms with E-state index in [4.69, 9.17) is 6.57 Å². The monoisotopic (exact) mass is 977 g/mol. The number of nitrogens with zero attached hydrogens (tertiary/aromatic N) is 5. The van der Waals surface area contributed by atoms with Gasteiger partial charge < -0.3 is 18.6 Å². The zero-order valence-corrected chi connectivity index (χ0v) is 43.8. The van der Waals surface area contributed by atoms with E-state index in [1.165, 1.54) is 76.8 Å². The summed E-state index contributed by atoms with van der Waals surface area (Å²) in [5, 5.41) is 7.14. The van der Waals surface area contributed by atoms with E-state index < -0.39 is 0 Å². The van der Waals surface area contributed by atoms with Crippen LogP contribution in [0.2, 0.25) is 0 Å². The Balaban J connectivity index is 1.17. The summed E-state index contributed by atoms with van der Waals surface area (Å²) in [4.78, 5) is 6.33. The van der Waals surface area contributed by atoms with Gasteiger partial charge in [0.05, 0.1) is 39.7 Å². The largest absolute Gasteiger partial charge is 0.311 e. The average molecular weight is 978 g/mol. The van der Waals surface area contributed by atoms with E-state index >= 15 is 0 Å². The molecule has 0 N–H and O–H groups in total. The van der Waals surface area contributed by atoms with Gasteiger partial charge in [-0.15, -0.1) is 0 Å². The quantitative estimate of drug-likeness (QED) is 0.110. The third kappa shape index (κ3) is 6.65. The first-order valence-corrected chi connectivity index (χ1v) is 26.9. The lowest BCUT2D eigenvalue weighted by Gasteiger charge is -2.39. The van der Waals surface area contributed by atoms with Gasteiger partial charge in [0.1, 0.15) is 0 Å². The van der Waals surface area contributed by atoms with E-state index in [9.17, 15) is 0 Å². The Kier molecular flexibility index (Phi) is 10.5. The van der Waals surface area contributed by atoms with Crippen molar-refractivity contribution >= 4 is 111 Å². The summed E-state index contributed by atoms with van der Waals surface area (Å²) in [6.07, 6.45) is 0. The molecule has 14 rings (SSSR count). The van der Waals surface area contributed by atoms with Gasteiger partial charge in [-0.25, -0.2) is 4.85 Å². The summed E-state index contributed by atoms with van der Waals surface area (Å²) in [6.45, 7) is 22.0. The number of rotatable bonds is 8. The van der Waals surface area contributed by atoms with Gasteiger partial charge in [0, 0.05) is 66.4 Å². The first kappa shape index (κ1) is 45.6. The molecule has 364 valence electrons. The fraction of sp³-hybridized carbons (Fsp3) is 0.129. The molecule has 3 aromatic heterocycles. The maximum atomic E-state index is 7.88. The molecule has 0 saturated carbocycles. The van der Waals surface area contributed by atoms with Gasteiger partial charge in [0.2, 0.25) is 6.71 Å². The smallest absolute Gasteiger partial charge is 0.247 e. The van der Waals surface area contributed by atoms with Crippen LogP contribution in [0, 0.1) is 6.57 Å². The predicted molar refractivity (Wildman–Crippen MR) is 324 cm³/mol. The van der Waals surface area contributed by atoms with Crippen molar-refractivity contribution in [3.05, 3.63) is 240 Å². The molecule has 0 radical (unpaired) electrons. The number of aromatic nitrogens is 3. The fourth-order valence-electron chi connectivity index (χ4n) is 13.1. The highest BCUT2D eigenvalue weighted by Gasteiger charge is 2.39. The first-order chi connectivity index (χ1) is 37.2. The molecule has 5 nitrogen and oxygen atoms in total. The van der Waals surface area contributed by atoms with Gasteiger partial charge in [-0.2, -0.15) is 0 Å². The first-order valence-electron chi connectivity index (χ1n) is 26.9. The maximum Gasteiger partial charge on any atom is 0.247 e.